The van der Waals surface area contributed by atoms with Gasteiger partial charge in [-0.15, -0.1) is 0 Å². The molecular weight excluding hydrogens is 334 g/mol. The molecule has 0 spiro atoms. The number of hydrogen-bond donors (Lipinski definition) is 2. The number of hydrogen-bond acceptors (Lipinski definition) is 4. The Morgan fingerprint density at radius 3 is 2.84 bits per heavy atom. The van der Waals surface area contributed by atoms with Crippen LogP contribution in [0.1, 0.15) is 11.3 Å². The number of benzene rings is 1. The van der Waals surface area contributed by atoms with Crippen molar-refractivity contribution in [3.63, 3.8) is 0 Å². The van der Waals surface area contributed by atoms with Crippen LogP contribution in [-0.2, 0) is 22.6 Å². The molecule has 1 aromatic heterocycles. The average molecular weight is 350 g/mol. The maximum Gasteiger partial charge on any atom is 0.342 e. The third-order valence-corrected chi connectivity index (χ3v) is 3.88. The van der Waals surface area contributed by atoms with Gasteiger partial charge in [-0.1, -0.05) is 0 Å². The number of carbonyl (C=O) groups is 2. The summed E-state index contributed by atoms with van der Waals surface area (Å²) >= 11 is 0. The van der Waals surface area contributed by atoms with Crippen molar-refractivity contribution < 1.29 is 23.1 Å². The van der Waals surface area contributed by atoms with Crippen LogP contribution in [0.5, 0.6) is 0 Å². The molecule has 2 N–H and O–H groups in total. The van der Waals surface area contributed by atoms with Crippen molar-refractivity contribution in [2.24, 2.45) is 0 Å². The predicted octanol–water partition coefficient (Wildman–Crippen LogP) is 1.20. The van der Waals surface area contributed by atoms with Gasteiger partial charge >= 0.3 is 6.03 Å². The van der Waals surface area contributed by atoms with Crippen LogP contribution in [0.3, 0.4) is 0 Å². The highest BCUT2D eigenvalue weighted by Gasteiger charge is 2.25. The third-order valence-electron chi connectivity index (χ3n) is 3.88. The summed E-state index contributed by atoms with van der Waals surface area (Å²) in [6, 6.07) is 2.85. The summed E-state index contributed by atoms with van der Waals surface area (Å²) in [5, 5.41) is 9.10. The number of carbonyl (C=O) groups excluding carboxylic acids is 2. The molecular formula is C16H16F2N4O3. The molecule has 0 radical (unpaired) electrons. The lowest BCUT2D eigenvalue weighted by Gasteiger charge is -2.14. The van der Waals surface area contributed by atoms with Gasteiger partial charge in [0.2, 0.25) is 5.91 Å². The van der Waals surface area contributed by atoms with E-state index in [0.29, 0.717) is 35.5 Å². The van der Waals surface area contributed by atoms with Gasteiger partial charge in [-0.2, -0.15) is 9.78 Å². The third kappa shape index (κ3) is 3.36. The molecule has 2 amide bonds. The SMILES string of the molecule is CNC(=O)CNC(=O)n1nc(-c2ccc(F)c(F)c2)c2c1CCOC2. The number of amides is 2. The molecule has 1 aliphatic heterocycles. The van der Waals surface area contributed by atoms with Crippen molar-refractivity contribution >= 4 is 11.9 Å². The molecule has 1 aromatic carbocycles. The van der Waals surface area contributed by atoms with E-state index in [-0.39, 0.29) is 19.1 Å². The summed E-state index contributed by atoms with van der Waals surface area (Å²) in [5.41, 5.74) is 1.97. The highest BCUT2D eigenvalue weighted by Crippen LogP contribution is 2.29. The molecule has 25 heavy (non-hydrogen) atoms. The lowest BCUT2D eigenvalue weighted by atomic mass is 10.0. The normalized spacial score (nSPS) is 13.2. The lowest BCUT2D eigenvalue weighted by molar-refractivity contribution is -0.119. The second-order valence-electron chi connectivity index (χ2n) is 5.45. The zero-order valence-corrected chi connectivity index (χ0v) is 13.4. The van der Waals surface area contributed by atoms with Crippen molar-refractivity contribution in [1.29, 1.82) is 0 Å². The van der Waals surface area contributed by atoms with E-state index >= 15 is 0 Å². The molecule has 9 heteroatoms. The second-order valence-corrected chi connectivity index (χ2v) is 5.45. The smallest absolute Gasteiger partial charge is 0.342 e. The molecule has 1 aliphatic rings. The van der Waals surface area contributed by atoms with Crippen molar-refractivity contribution in [2.45, 2.75) is 13.0 Å². The molecule has 0 saturated heterocycles. The van der Waals surface area contributed by atoms with Crippen LogP contribution in [-0.4, -0.2) is 41.9 Å². The minimum absolute atomic E-state index is 0.193. The van der Waals surface area contributed by atoms with Gasteiger partial charge in [0, 0.05) is 24.6 Å². The van der Waals surface area contributed by atoms with Gasteiger partial charge in [0.1, 0.15) is 0 Å². The topological polar surface area (TPSA) is 85.3 Å². The number of fused-ring (bicyclic) bond motifs is 1. The first kappa shape index (κ1) is 17.0. The van der Waals surface area contributed by atoms with Crippen molar-refractivity contribution in [2.75, 3.05) is 20.2 Å². The molecule has 3 rings (SSSR count). The Bertz CT molecular complexity index is 835. The number of ether oxygens (including phenoxy) is 1. The molecule has 7 nitrogen and oxygen atoms in total. The Kier molecular flexibility index (Phi) is 4.75. The molecule has 0 bridgehead atoms. The molecule has 0 unspecified atom stereocenters. The Labute approximate surface area is 142 Å². The number of rotatable bonds is 3. The van der Waals surface area contributed by atoms with Crippen LogP contribution in [0.4, 0.5) is 13.6 Å². The van der Waals surface area contributed by atoms with Gasteiger partial charge in [-0.3, -0.25) is 4.79 Å². The summed E-state index contributed by atoms with van der Waals surface area (Å²) in [7, 11) is 1.46. The summed E-state index contributed by atoms with van der Waals surface area (Å²) in [6.45, 7) is 0.437. The first-order chi connectivity index (χ1) is 12.0. The van der Waals surface area contributed by atoms with Gasteiger partial charge < -0.3 is 15.4 Å². The van der Waals surface area contributed by atoms with E-state index in [1.807, 2.05) is 0 Å². The van der Waals surface area contributed by atoms with E-state index < -0.39 is 17.7 Å². The fourth-order valence-corrected chi connectivity index (χ4v) is 2.60. The lowest BCUT2D eigenvalue weighted by Crippen LogP contribution is -2.38. The molecule has 132 valence electrons. The van der Waals surface area contributed by atoms with Gasteiger partial charge in [-0.25, -0.2) is 13.6 Å². The average Bonchev–Trinajstić information content (AvgIpc) is 3.01. The van der Waals surface area contributed by atoms with Crippen LogP contribution in [0.15, 0.2) is 18.2 Å². The number of nitrogens with zero attached hydrogens (tertiary/aromatic N) is 2. The monoisotopic (exact) mass is 350 g/mol. The second kappa shape index (κ2) is 6.98. The van der Waals surface area contributed by atoms with E-state index in [0.717, 1.165) is 16.8 Å². The maximum atomic E-state index is 13.5. The number of halogens is 2. The standard InChI is InChI=1S/C16H16F2N4O3/c1-19-14(23)7-20-16(24)22-13-4-5-25-8-10(13)15(21-22)9-2-3-11(17)12(18)6-9/h2-3,6H,4-5,7-8H2,1H3,(H,19,23)(H,20,24). The predicted molar refractivity (Wildman–Crippen MR) is 83.8 cm³/mol. The minimum Gasteiger partial charge on any atom is -0.376 e. The van der Waals surface area contributed by atoms with Gasteiger partial charge in [0.15, 0.2) is 11.6 Å². The van der Waals surface area contributed by atoms with E-state index in [9.17, 15) is 18.4 Å². The first-order valence-corrected chi connectivity index (χ1v) is 7.64. The van der Waals surface area contributed by atoms with Crippen LogP contribution in [0.2, 0.25) is 0 Å². The Hall–Kier alpha value is -2.81. The summed E-state index contributed by atoms with van der Waals surface area (Å²) in [4.78, 5) is 23.6. The fraction of sp³-hybridized carbons (Fsp3) is 0.312. The van der Waals surface area contributed by atoms with Gasteiger partial charge in [0.25, 0.3) is 0 Å². The van der Waals surface area contributed by atoms with Crippen molar-refractivity contribution in [1.82, 2.24) is 20.4 Å². The quantitative estimate of drug-likeness (QED) is 0.871. The highest BCUT2D eigenvalue weighted by molar-refractivity contribution is 5.85. The molecule has 2 heterocycles. The van der Waals surface area contributed by atoms with E-state index in [1.165, 1.54) is 13.1 Å². The number of likely N-dealkylation sites (N-methyl/N-ethyl adjacent to an activating group) is 1. The van der Waals surface area contributed by atoms with E-state index in [1.54, 1.807) is 0 Å². The fourth-order valence-electron chi connectivity index (χ4n) is 2.60. The van der Waals surface area contributed by atoms with Crippen LogP contribution in [0.25, 0.3) is 11.3 Å². The largest absolute Gasteiger partial charge is 0.376 e. The van der Waals surface area contributed by atoms with Gasteiger partial charge in [0.05, 0.1) is 31.1 Å². The minimum atomic E-state index is -0.999. The Morgan fingerprint density at radius 2 is 2.12 bits per heavy atom. The molecule has 0 fully saturated rings. The van der Waals surface area contributed by atoms with Crippen molar-refractivity contribution in [3.8, 4) is 11.3 Å². The summed E-state index contributed by atoms with van der Waals surface area (Å²) < 4.78 is 33.3. The summed E-state index contributed by atoms with van der Waals surface area (Å²) in [5.74, 6) is -2.31. The van der Waals surface area contributed by atoms with E-state index in [4.69, 9.17) is 4.74 Å². The molecule has 0 saturated carbocycles. The highest BCUT2D eigenvalue weighted by atomic mass is 19.2. The molecule has 0 aliphatic carbocycles. The van der Waals surface area contributed by atoms with E-state index in [2.05, 4.69) is 15.7 Å². The van der Waals surface area contributed by atoms with Crippen LogP contribution in [0, 0.1) is 11.6 Å². The summed E-state index contributed by atoms with van der Waals surface area (Å²) in [6.07, 6.45) is 0.444. The molecule has 2 aromatic rings. The Morgan fingerprint density at radius 1 is 1.32 bits per heavy atom. The van der Waals surface area contributed by atoms with Gasteiger partial charge in [-0.05, 0) is 18.2 Å². The zero-order valence-electron chi connectivity index (χ0n) is 13.4. The number of aromatic nitrogens is 2. The Balaban J connectivity index is 1.97. The van der Waals surface area contributed by atoms with Crippen molar-refractivity contribution in [3.05, 3.63) is 41.1 Å². The van der Waals surface area contributed by atoms with Crippen LogP contribution >= 0.6 is 0 Å². The molecule has 0 atom stereocenters. The maximum absolute atomic E-state index is 13.5. The number of nitrogens with one attached hydrogen (secondary N) is 2. The zero-order chi connectivity index (χ0) is 18.0. The first-order valence-electron chi connectivity index (χ1n) is 7.64. The van der Waals surface area contributed by atoms with Crippen LogP contribution < -0.4 is 10.6 Å².